The zero-order valence-electron chi connectivity index (χ0n) is 15.7. The van der Waals surface area contributed by atoms with Crippen molar-refractivity contribution in [2.45, 2.75) is 13.8 Å². The van der Waals surface area contributed by atoms with Gasteiger partial charge in [0, 0.05) is 12.6 Å². The zero-order chi connectivity index (χ0) is 19.2. The van der Waals surface area contributed by atoms with Crippen molar-refractivity contribution in [2.24, 2.45) is 0 Å². The predicted molar refractivity (Wildman–Crippen MR) is 114 cm³/mol. The first-order valence-corrected chi connectivity index (χ1v) is 8.94. The van der Waals surface area contributed by atoms with Crippen LogP contribution in [0.2, 0.25) is 0 Å². The first-order chi connectivity index (χ1) is 13.0. The lowest BCUT2D eigenvalue weighted by molar-refractivity contribution is -0.113. The normalized spacial score (nSPS) is 11.1. The van der Waals surface area contributed by atoms with Crippen LogP contribution in [-0.4, -0.2) is 5.78 Å². The van der Waals surface area contributed by atoms with Crippen LogP contribution in [0.4, 0.5) is 0 Å². The van der Waals surface area contributed by atoms with E-state index in [1.165, 1.54) is 5.56 Å². The number of aryl methyl sites for hydroxylation is 1. The highest BCUT2D eigenvalue weighted by molar-refractivity contribution is 5.98. The van der Waals surface area contributed by atoms with E-state index in [0.29, 0.717) is 11.4 Å². The molecule has 0 aromatic heterocycles. The molecule has 0 spiro atoms. The molecule has 0 unspecified atom stereocenters. The summed E-state index contributed by atoms with van der Waals surface area (Å²) in [6.45, 7) is 7.67. The number of Topliss-reactive ketones (excluding diaryl/α,β-unsaturated/α-hetero) is 1. The van der Waals surface area contributed by atoms with E-state index in [-0.39, 0.29) is 5.78 Å². The van der Waals surface area contributed by atoms with Gasteiger partial charge in [-0.2, -0.15) is 0 Å². The number of ketones is 1. The Morgan fingerprint density at radius 2 is 1.56 bits per heavy atom. The molecular formula is C25H23NO. The molecule has 27 heavy (non-hydrogen) atoms. The fourth-order valence-corrected chi connectivity index (χ4v) is 2.86. The molecule has 1 N–H and O–H groups in total. The number of carbonyl (C=O) groups is 1. The highest BCUT2D eigenvalue weighted by Crippen LogP contribution is 2.20. The number of rotatable bonds is 6. The van der Waals surface area contributed by atoms with Crippen LogP contribution < -0.4 is 5.32 Å². The summed E-state index contributed by atoms with van der Waals surface area (Å²) in [6.07, 6.45) is 1.86. The molecule has 0 saturated carbocycles. The molecule has 3 rings (SSSR count). The molecule has 0 saturated heterocycles. The van der Waals surface area contributed by atoms with E-state index >= 15 is 0 Å². The van der Waals surface area contributed by atoms with Gasteiger partial charge in [-0.05, 0) is 41.3 Å². The number of hydrogen-bond acceptors (Lipinski definition) is 2. The van der Waals surface area contributed by atoms with Gasteiger partial charge in [0.25, 0.3) is 0 Å². The maximum absolute atomic E-state index is 12.1. The van der Waals surface area contributed by atoms with E-state index in [1.54, 1.807) is 6.92 Å². The SMILES string of the molecule is C=C(N/C(=C/c1ccc(-c2ccccc2)cc1)C(C)=O)c1cccc(C)c1. The summed E-state index contributed by atoms with van der Waals surface area (Å²) in [4.78, 5) is 12.1. The van der Waals surface area contributed by atoms with Gasteiger partial charge in [0.1, 0.15) is 0 Å². The number of allylic oxidation sites excluding steroid dienone is 1. The van der Waals surface area contributed by atoms with E-state index in [9.17, 15) is 4.79 Å². The zero-order valence-corrected chi connectivity index (χ0v) is 15.7. The Labute approximate surface area is 160 Å². The van der Waals surface area contributed by atoms with E-state index in [2.05, 4.69) is 36.2 Å². The number of nitrogens with one attached hydrogen (secondary N) is 1. The van der Waals surface area contributed by atoms with Crippen LogP contribution in [0.3, 0.4) is 0 Å². The van der Waals surface area contributed by atoms with E-state index in [4.69, 9.17) is 0 Å². The van der Waals surface area contributed by atoms with Gasteiger partial charge in [-0.25, -0.2) is 0 Å². The molecule has 0 heterocycles. The van der Waals surface area contributed by atoms with Crippen LogP contribution in [0.1, 0.15) is 23.6 Å². The van der Waals surface area contributed by atoms with Crippen molar-refractivity contribution in [1.29, 1.82) is 0 Å². The van der Waals surface area contributed by atoms with Crippen molar-refractivity contribution in [3.05, 3.63) is 108 Å². The lowest BCUT2D eigenvalue weighted by Gasteiger charge is -2.12. The number of hydrogen-bond donors (Lipinski definition) is 1. The first-order valence-electron chi connectivity index (χ1n) is 8.94. The summed E-state index contributed by atoms with van der Waals surface area (Å²) in [5.74, 6) is -0.0315. The van der Waals surface area contributed by atoms with Crippen LogP contribution in [0, 0.1) is 6.92 Å². The second kappa shape index (κ2) is 8.33. The van der Waals surface area contributed by atoms with Crippen LogP contribution in [0.5, 0.6) is 0 Å². The molecule has 0 aliphatic carbocycles. The maximum atomic E-state index is 12.1. The molecule has 0 aliphatic heterocycles. The van der Waals surface area contributed by atoms with Crippen molar-refractivity contribution in [1.82, 2.24) is 5.32 Å². The first kappa shape index (κ1) is 18.4. The maximum Gasteiger partial charge on any atom is 0.175 e. The summed E-state index contributed by atoms with van der Waals surface area (Å²) < 4.78 is 0. The number of carbonyl (C=O) groups excluding carboxylic acids is 1. The topological polar surface area (TPSA) is 29.1 Å². The van der Waals surface area contributed by atoms with Gasteiger partial charge in [0.2, 0.25) is 0 Å². The minimum atomic E-state index is -0.0315. The van der Waals surface area contributed by atoms with Gasteiger partial charge >= 0.3 is 0 Å². The smallest absolute Gasteiger partial charge is 0.175 e. The molecule has 3 aromatic rings. The largest absolute Gasteiger partial charge is 0.353 e. The molecule has 0 fully saturated rings. The Kier molecular flexibility index (Phi) is 5.68. The van der Waals surface area contributed by atoms with Crippen LogP contribution in [0.15, 0.2) is 91.1 Å². The Morgan fingerprint density at radius 3 is 2.19 bits per heavy atom. The van der Waals surface area contributed by atoms with Crippen molar-refractivity contribution in [3.63, 3.8) is 0 Å². The molecule has 2 heteroatoms. The molecule has 0 amide bonds. The molecule has 0 bridgehead atoms. The minimum Gasteiger partial charge on any atom is -0.353 e. The van der Waals surface area contributed by atoms with Crippen molar-refractivity contribution in [3.8, 4) is 11.1 Å². The monoisotopic (exact) mass is 353 g/mol. The van der Waals surface area contributed by atoms with Gasteiger partial charge in [-0.15, -0.1) is 0 Å². The summed E-state index contributed by atoms with van der Waals surface area (Å²) in [7, 11) is 0. The summed E-state index contributed by atoms with van der Waals surface area (Å²) in [5, 5.41) is 3.17. The van der Waals surface area contributed by atoms with E-state index < -0.39 is 0 Å². The second-order valence-electron chi connectivity index (χ2n) is 6.58. The molecule has 3 aromatic carbocycles. The van der Waals surface area contributed by atoms with Crippen LogP contribution in [0.25, 0.3) is 22.9 Å². The Morgan fingerprint density at radius 1 is 0.889 bits per heavy atom. The van der Waals surface area contributed by atoms with Gasteiger partial charge in [0.15, 0.2) is 5.78 Å². The summed E-state index contributed by atoms with van der Waals surface area (Å²) >= 11 is 0. The molecule has 2 nitrogen and oxygen atoms in total. The predicted octanol–water partition coefficient (Wildman–Crippen LogP) is 5.85. The fraction of sp³-hybridized carbons (Fsp3) is 0.0800. The Hall–Kier alpha value is -3.39. The van der Waals surface area contributed by atoms with E-state index in [1.807, 2.05) is 67.6 Å². The highest BCUT2D eigenvalue weighted by atomic mass is 16.1. The Bertz CT molecular complexity index is 982. The molecule has 0 radical (unpaired) electrons. The van der Waals surface area contributed by atoms with Gasteiger partial charge in [-0.1, -0.05) is 84.9 Å². The second-order valence-corrected chi connectivity index (χ2v) is 6.58. The third-order valence-corrected chi connectivity index (χ3v) is 4.36. The quantitative estimate of drug-likeness (QED) is 0.563. The average molecular weight is 353 g/mol. The lowest BCUT2D eigenvalue weighted by Crippen LogP contribution is -2.16. The van der Waals surface area contributed by atoms with E-state index in [0.717, 1.165) is 22.3 Å². The summed E-state index contributed by atoms with van der Waals surface area (Å²) in [5.41, 5.74) is 6.64. The van der Waals surface area contributed by atoms with Crippen LogP contribution in [-0.2, 0) is 4.79 Å². The van der Waals surface area contributed by atoms with Crippen molar-refractivity contribution < 1.29 is 4.79 Å². The molecule has 134 valence electrons. The standard InChI is InChI=1S/C25H23NO/c1-18-8-7-11-24(16-18)19(2)26-25(20(3)27)17-21-12-14-23(15-13-21)22-9-5-4-6-10-22/h4-17,26H,2H2,1,3H3/b25-17+. The lowest BCUT2D eigenvalue weighted by atomic mass is 10.0. The van der Waals surface area contributed by atoms with Gasteiger partial charge in [-0.3, -0.25) is 4.79 Å². The minimum absolute atomic E-state index is 0.0315. The van der Waals surface area contributed by atoms with Crippen molar-refractivity contribution >= 4 is 17.6 Å². The number of benzene rings is 3. The average Bonchev–Trinajstić information content (AvgIpc) is 2.68. The third kappa shape index (κ3) is 4.83. The van der Waals surface area contributed by atoms with Gasteiger partial charge in [0.05, 0.1) is 5.70 Å². The van der Waals surface area contributed by atoms with Crippen LogP contribution >= 0.6 is 0 Å². The third-order valence-electron chi connectivity index (χ3n) is 4.36. The summed E-state index contributed by atoms with van der Waals surface area (Å²) in [6, 6.07) is 26.4. The molecule has 0 aliphatic rings. The van der Waals surface area contributed by atoms with Crippen molar-refractivity contribution in [2.75, 3.05) is 0 Å². The molecular weight excluding hydrogens is 330 g/mol. The highest BCUT2D eigenvalue weighted by Gasteiger charge is 2.07. The van der Waals surface area contributed by atoms with Gasteiger partial charge < -0.3 is 5.32 Å². The fourth-order valence-electron chi connectivity index (χ4n) is 2.86. The Balaban J connectivity index is 1.81. The molecule has 0 atom stereocenters.